The van der Waals surface area contributed by atoms with Gasteiger partial charge in [0.1, 0.15) is 18.1 Å². The van der Waals surface area contributed by atoms with E-state index in [1.165, 1.54) is 5.56 Å². The molecule has 0 saturated heterocycles. The summed E-state index contributed by atoms with van der Waals surface area (Å²) in [5, 5.41) is 3.59. The Kier molecular flexibility index (Phi) is 4.41. The summed E-state index contributed by atoms with van der Waals surface area (Å²) in [5.74, 6) is 1.84. The summed E-state index contributed by atoms with van der Waals surface area (Å²) < 4.78 is 12.0. The molecule has 0 saturated carbocycles. The van der Waals surface area contributed by atoms with Gasteiger partial charge in [-0.3, -0.25) is 0 Å². The van der Waals surface area contributed by atoms with Crippen LogP contribution in [0.1, 0.15) is 24.9 Å². The molecule has 2 aromatic rings. The van der Waals surface area contributed by atoms with Crippen molar-refractivity contribution in [3.05, 3.63) is 60.2 Å². The lowest BCUT2D eigenvalue weighted by Gasteiger charge is -2.34. The van der Waals surface area contributed by atoms with Crippen LogP contribution >= 0.6 is 0 Å². The lowest BCUT2D eigenvalue weighted by molar-refractivity contribution is 0.0747. The topological polar surface area (TPSA) is 30.5 Å². The largest absolute Gasteiger partial charge is 0.489 e. The summed E-state index contributed by atoms with van der Waals surface area (Å²) >= 11 is 0. The van der Waals surface area contributed by atoms with Gasteiger partial charge in [-0.05, 0) is 31.2 Å². The summed E-state index contributed by atoms with van der Waals surface area (Å²) in [6, 6.07) is 18.3. The Morgan fingerprint density at radius 3 is 2.67 bits per heavy atom. The van der Waals surface area contributed by atoms with Crippen LogP contribution in [0.4, 0.5) is 0 Å². The number of benzene rings is 2. The highest BCUT2D eigenvalue weighted by atomic mass is 16.5. The quantitative estimate of drug-likeness (QED) is 0.910. The molecule has 21 heavy (non-hydrogen) atoms. The number of hydrogen-bond donors (Lipinski definition) is 1. The fourth-order valence-corrected chi connectivity index (χ4v) is 2.65. The first-order valence-electron chi connectivity index (χ1n) is 7.55. The molecule has 3 nitrogen and oxygen atoms in total. The summed E-state index contributed by atoms with van der Waals surface area (Å²) in [7, 11) is 0. The zero-order valence-electron chi connectivity index (χ0n) is 12.3. The molecule has 2 aromatic carbocycles. The van der Waals surface area contributed by atoms with Gasteiger partial charge in [-0.2, -0.15) is 0 Å². The predicted octanol–water partition coefficient (Wildman–Crippen LogP) is 3.57. The second-order valence-electron chi connectivity index (χ2n) is 5.25. The third-order valence-electron chi connectivity index (χ3n) is 3.67. The molecule has 3 rings (SSSR count). The van der Waals surface area contributed by atoms with Gasteiger partial charge in [-0.25, -0.2) is 0 Å². The molecule has 0 aliphatic carbocycles. The summed E-state index contributed by atoms with van der Waals surface area (Å²) in [5.41, 5.74) is 1.18. The van der Waals surface area contributed by atoms with Crippen molar-refractivity contribution in [2.24, 2.45) is 0 Å². The van der Waals surface area contributed by atoms with E-state index in [1.807, 2.05) is 48.5 Å². The highest BCUT2D eigenvalue weighted by Gasteiger charge is 2.31. The molecule has 0 radical (unpaired) electrons. The fraction of sp³-hybridized carbons (Fsp3) is 0.333. The standard InChI is InChI=1S/C18H21NO2/c1-2-12-19-18-15-10-6-7-11-16(15)20-13-17(18)21-14-8-4-3-5-9-14/h3-11,17-19H,2,12-13H2,1H3. The highest BCUT2D eigenvalue weighted by Crippen LogP contribution is 2.33. The highest BCUT2D eigenvalue weighted by molar-refractivity contribution is 5.39. The SMILES string of the molecule is CCCNC1c2ccccc2OCC1Oc1ccccc1. The molecule has 0 spiro atoms. The number of ether oxygens (including phenoxy) is 2. The molecule has 2 atom stereocenters. The van der Waals surface area contributed by atoms with Crippen molar-refractivity contribution in [2.45, 2.75) is 25.5 Å². The first kappa shape index (κ1) is 14.0. The average molecular weight is 283 g/mol. The second kappa shape index (κ2) is 6.64. The lowest BCUT2D eigenvalue weighted by Crippen LogP contribution is -2.43. The van der Waals surface area contributed by atoms with Gasteiger partial charge >= 0.3 is 0 Å². The van der Waals surface area contributed by atoms with Crippen molar-refractivity contribution in [3.8, 4) is 11.5 Å². The molecule has 2 unspecified atom stereocenters. The van der Waals surface area contributed by atoms with E-state index in [9.17, 15) is 0 Å². The van der Waals surface area contributed by atoms with Crippen LogP contribution in [0.25, 0.3) is 0 Å². The van der Waals surface area contributed by atoms with Crippen LogP contribution in [-0.2, 0) is 0 Å². The van der Waals surface area contributed by atoms with Crippen LogP contribution in [0, 0.1) is 0 Å². The summed E-state index contributed by atoms with van der Waals surface area (Å²) in [4.78, 5) is 0. The van der Waals surface area contributed by atoms with Gasteiger partial charge in [0.2, 0.25) is 0 Å². The molecular weight excluding hydrogens is 262 g/mol. The maximum Gasteiger partial charge on any atom is 0.152 e. The molecule has 0 fully saturated rings. The van der Waals surface area contributed by atoms with Crippen molar-refractivity contribution in [1.82, 2.24) is 5.32 Å². The predicted molar refractivity (Wildman–Crippen MR) is 83.8 cm³/mol. The van der Waals surface area contributed by atoms with Crippen LogP contribution in [0.5, 0.6) is 11.5 Å². The van der Waals surface area contributed by atoms with E-state index in [2.05, 4.69) is 18.3 Å². The molecule has 1 aliphatic heterocycles. The Bertz CT molecular complexity index is 570. The molecule has 3 heteroatoms. The number of para-hydroxylation sites is 2. The third-order valence-corrected chi connectivity index (χ3v) is 3.67. The van der Waals surface area contributed by atoms with Crippen molar-refractivity contribution < 1.29 is 9.47 Å². The minimum absolute atomic E-state index is 0.0196. The number of rotatable bonds is 5. The minimum atomic E-state index is -0.0196. The van der Waals surface area contributed by atoms with Gasteiger partial charge in [0.25, 0.3) is 0 Å². The van der Waals surface area contributed by atoms with E-state index in [4.69, 9.17) is 9.47 Å². The van der Waals surface area contributed by atoms with Gasteiger partial charge in [0.05, 0.1) is 6.04 Å². The molecule has 0 bridgehead atoms. The van der Waals surface area contributed by atoms with Crippen LogP contribution in [0.3, 0.4) is 0 Å². The monoisotopic (exact) mass is 283 g/mol. The third kappa shape index (κ3) is 3.19. The molecule has 0 amide bonds. The van der Waals surface area contributed by atoms with Gasteiger partial charge in [0.15, 0.2) is 6.10 Å². The van der Waals surface area contributed by atoms with Crippen LogP contribution < -0.4 is 14.8 Å². The van der Waals surface area contributed by atoms with Crippen molar-refractivity contribution >= 4 is 0 Å². The fourth-order valence-electron chi connectivity index (χ4n) is 2.65. The van der Waals surface area contributed by atoms with E-state index < -0.39 is 0 Å². The Hall–Kier alpha value is -2.00. The minimum Gasteiger partial charge on any atom is -0.489 e. The molecule has 0 aromatic heterocycles. The smallest absolute Gasteiger partial charge is 0.152 e. The van der Waals surface area contributed by atoms with E-state index >= 15 is 0 Å². The first-order chi connectivity index (χ1) is 10.4. The van der Waals surface area contributed by atoms with Gasteiger partial charge in [0, 0.05) is 5.56 Å². The number of hydrogen-bond acceptors (Lipinski definition) is 3. The molecule has 1 aliphatic rings. The Balaban J connectivity index is 1.82. The van der Waals surface area contributed by atoms with Crippen molar-refractivity contribution in [1.29, 1.82) is 0 Å². The first-order valence-corrected chi connectivity index (χ1v) is 7.55. The van der Waals surface area contributed by atoms with E-state index in [-0.39, 0.29) is 12.1 Å². The average Bonchev–Trinajstić information content (AvgIpc) is 2.55. The van der Waals surface area contributed by atoms with Crippen molar-refractivity contribution in [2.75, 3.05) is 13.2 Å². The van der Waals surface area contributed by atoms with E-state index in [0.717, 1.165) is 24.5 Å². The van der Waals surface area contributed by atoms with Gasteiger partial charge in [-0.15, -0.1) is 0 Å². The van der Waals surface area contributed by atoms with E-state index in [0.29, 0.717) is 6.61 Å². The molecule has 1 N–H and O–H groups in total. The van der Waals surface area contributed by atoms with E-state index in [1.54, 1.807) is 0 Å². The number of nitrogens with one attached hydrogen (secondary N) is 1. The lowest BCUT2D eigenvalue weighted by atomic mass is 9.98. The maximum atomic E-state index is 6.13. The normalized spacial score (nSPS) is 20.4. The molecule has 1 heterocycles. The van der Waals surface area contributed by atoms with Crippen LogP contribution in [0.15, 0.2) is 54.6 Å². The van der Waals surface area contributed by atoms with Crippen LogP contribution in [0.2, 0.25) is 0 Å². The van der Waals surface area contributed by atoms with Gasteiger partial charge in [-0.1, -0.05) is 43.3 Å². The maximum absolute atomic E-state index is 6.13. The van der Waals surface area contributed by atoms with Crippen LogP contribution in [-0.4, -0.2) is 19.3 Å². The summed E-state index contributed by atoms with van der Waals surface area (Å²) in [6.07, 6.45) is 1.08. The second-order valence-corrected chi connectivity index (χ2v) is 5.25. The number of fused-ring (bicyclic) bond motifs is 1. The molecule has 110 valence electrons. The Labute approximate surface area is 125 Å². The van der Waals surface area contributed by atoms with Crippen molar-refractivity contribution in [3.63, 3.8) is 0 Å². The molecular formula is C18H21NO2. The Morgan fingerprint density at radius 2 is 1.86 bits per heavy atom. The summed E-state index contributed by atoms with van der Waals surface area (Å²) in [6.45, 7) is 3.70. The van der Waals surface area contributed by atoms with Gasteiger partial charge < -0.3 is 14.8 Å². The Morgan fingerprint density at radius 1 is 1.10 bits per heavy atom. The zero-order valence-corrected chi connectivity index (χ0v) is 12.3. The zero-order chi connectivity index (χ0) is 14.5.